The Morgan fingerprint density at radius 2 is 1.94 bits per heavy atom. The lowest BCUT2D eigenvalue weighted by atomic mass is 9.76. The molecule has 0 spiro atoms. The smallest absolute Gasteiger partial charge is 0.251 e. The van der Waals surface area contributed by atoms with Gasteiger partial charge in [-0.15, -0.1) is 0 Å². The summed E-state index contributed by atoms with van der Waals surface area (Å²) < 4.78 is 7.39. The lowest BCUT2D eigenvalue weighted by Crippen LogP contribution is -2.59. The van der Waals surface area contributed by atoms with Crippen molar-refractivity contribution in [2.45, 2.75) is 56.0 Å². The fraction of sp³-hybridized carbons (Fsp3) is 0.520. The van der Waals surface area contributed by atoms with E-state index in [9.17, 15) is 9.59 Å². The normalized spacial score (nSPS) is 26.4. The number of benzene rings is 1. The summed E-state index contributed by atoms with van der Waals surface area (Å²) in [6.07, 6.45) is 5.35. The summed E-state index contributed by atoms with van der Waals surface area (Å²) in [4.78, 5) is 28.3. The second kappa shape index (κ2) is 7.83. The van der Waals surface area contributed by atoms with Crippen LogP contribution < -0.4 is 16.0 Å². The van der Waals surface area contributed by atoms with Gasteiger partial charge >= 0.3 is 0 Å². The Hall–Kier alpha value is -2.60. The van der Waals surface area contributed by atoms with Crippen LogP contribution >= 0.6 is 0 Å². The van der Waals surface area contributed by atoms with E-state index in [-0.39, 0.29) is 29.3 Å². The Bertz CT molecular complexity index is 1040. The van der Waals surface area contributed by atoms with Crippen LogP contribution in [0.5, 0.6) is 5.75 Å². The molecule has 6 heteroatoms. The van der Waals surface area contributed by atoms with E-state index in [1.54, 1.807) is 13.2 Å². The van der Waals surface area contributed by atoms with Gasteiger partial charge in [-0.2, -0.15) is 0 Å². The molecule has 2 aliphatic heterocycles. The van der Waals surface area contributed by atoms with Gasteiger partial charge in [0.15, 0.2) is 0 Å². The topological polar surface area (TPSA) is 77.6 Å². The van der Waals surface area contributed by atoms with Gasteiger partial charge in [0.25, 0.3) is 5.56 Å². The first-order chi connectivity index (χ1) is 15.0. The lowest BCUT2D eigenvalue weighted by Gasteiger charge is -2.48. The van der Waals surface area contributed by atoms with Crippen LogP contribution in [0.4, 0.5) is 0 Å². The van der Waals surface area contributed by atoms with E-state index in [4.69, 9.17) is 10.5 Å². The number of hydrogen-bond acceptors (Lipinski definition) is 4. The molecule has 2 N–H and O–H groups in total. The van der Waals surface area contributed by atoms with Crippen LogP contribution in [0, 0.1) is 5.92 Å². The molecule has 31 heavy (non-hydrogen) atoms. The van der Waals surface area contributed by atoms with Crippen LogP contribution in [-0.2, 0) is 11.2 Å². The van der Waals surface area contributed by atoms with Gasteiger partial charge < -0.3 is 19.9 Å². The van der Waals surface area contributed by atoms with Crippen molar-refractivity contribution in [1.82, 2.24) is 9.47 Å². The highest BCUT2D eigenvalue weighted by Crippen LogP contribution is 2.43. The number of ether oxygens (including phenoxy) is 1. The van der Waals surface area contributed by atoms with Crippen molar-refractivity contribution in [1.29, 1.82) is 0 Å². The summed E-state index contributed by atoms with van der Waals surface area (Å²) in [5.74, 6) is 1.33. The number of aromatic nitrogens is 1. The van der Waals surface area contributed by atoms with Crippen LogP contribution in [0.15, 0.2) is 47.3 Å². The summed E-state index contributed by atoms with van der Waals surface area (Å²) in [5.41, 5.74) is 8.06. The standard InChI is InChI=1S/C25H31N3O3/c1-31-20-7-4-6-17(12-20)13-22-19-14-18(21-8-5-9-23(29)28(21)22)15-27(16-19)24(30)25(26)10-2-3-11-25/h4-9,12,18-19,22H,2-3,10-11,13-16,26H2,1H3/t18-,19+,22+/m1/s1. The third-order valence-corrected chi connectivity index (χ3v) is 7.59. The molecule has 3 aliphatic rings. The number of fused-ring (bicyclic) bond motifs is 4. The van der Waals surface area contributed by atoms with Crippen molar-refractivity contribution in [2.75, 3.05) is 20.2 Å². The summed E-state index contributed by atoms with van der Waals surface area (Å²) in [6, 6.07) is 13.6. The molecule has 0 unspecified atom stereocenters. The Labute approximate surface area is 183 Å². The van der Waals surface area contributed by atoms with Crippen LogP contribution in [0.25, 0.3) is 0 Å². The molecule has 1 aromatic heterocycles. The van der Waals surface area contributed by atoms with E-state index < -0.39 is 5.54 Å². The molecule has 2 bridgehead atoms. The fourth-order valence-electron chi connectivity index (χ4n) is 6.05. The van der Waals surface area contributed by atoms with Crippen molar-refractivity contribution in [2.24, 2.45) is 11.7 Å². The highest BCUT2D eigenvalue weighted by molar-refractivity contribution is 5.86. The van der Waals surface area contributed by atoms with E-state index in [0.29, 0.717) is 13.1 Å². The van der Waals surface area contributed by atoms with Gasteiger partial charge in [-0.25, -0.2) is 0 Å². The minimum atomic E-state index is -0.704. The van der Waals surface area contributed by atoms with Crippen molar-refractivity contribution >= 4 is 5.91 Å². The number of carbonyl (C=O) groups is 1. The predicted octanol–water partition coefficient (Wildman–Crippen LogP) is 2.86. The number of pyridine rings is 1. The molecule has 1 saturated heterocycles. The maximum atomic E-state index is 13.4. The van der Waals surface area contributed by atoms with Crippen molar-refractivity contribution in [3.05, 3.63) is 64.1 Å². The van der Waals surface area contributed by atoms with E-state index in [2.05, 4.69) is 12.1 Å². The average Bonchev–Trinajstić information content (AvgIpc) is 3.24. The molecule has 2 aromatic rings. The van der Waals surface area contributed by atoms with Gasteiger partial charge in [0.05, 0.1) is 12.6 Å². The molecule has 164 valence electrons. The molecular weight excluding hydrogens is 390 g/mol. The molecule has 6 nitrogen and oxygen atoms in total. The van der Waals surface area contributed by atoms with E-state index in [1.165, 1.54) is 0 Å². The lowest BCUT2D eigenvalue weighted by molar-refractivity contribution is -0.140. The highest BCUT2D eigenvalue weighted by Gasteiger charge is 2.46. The van der Waals surface area contributed by atoms with Gasteiger partial charge in [-0.05, 0) is 55.4 Å². The van der Waals surface area contributed by atoms with E-state index in [0.717, 1.165) is 55.5 Å². The van der Waals surface area contributed by atoms with Crippen molar-refractivity contribution in [3.8, 4) is 5.75 Å². The molecule has 5 rings (SSSR count). The molecule has 0 radical (unpaired) electrons. The molecule has 1 amide bonds. The molecule has 1 aromatic carbocycles. The first kappa shape index (κ1) is 20.3. The molecule has 1 saturated carbocycles. The summed E-state index contributed by atoms with van der Waals surface area (Å²) in [6.45, 7) is 1.33. The van der Waals surface area contributed by atoms with Gasteiger partial charge in [0.1, 0.15) is 5.75 Å². The van der Waals surface area contributed by atoms with Crippen molar-refractivity contribution < 1.29 is 9.53 Å². The Balaban J connectivity index is 1.50. The van der Waals surface area contributed by atoms with E-state index >= 15 is 0 Å². The van der Waals surface area contributed by atoms with Gasteiger partial charge in [-0.3, -0.25) is 9.59 Å². The van der Waals surface area contributed by atoms with Crippen LogP contribution in [0.2, 0.25) is 0 Å². The Kier molecular flexibility index (Phi) is 5.13. The second-order valence-electron chi connectivity index (χ2n) is 9.55. The average molecular weight is 422 g/mol. The number of piperidine rings is 1. The minimum absolute atomic E-state index is 0.0139. The number of carbonyl (C=O) groups excluding carboxylic acids is 1. The molecule has 3 atom stereocenters. The van der Waals surface area contributed by atoms with Crippen molar-refractivity contribution in [3.63, 3.8) is 0 Å². The molecule has 2 fully saturated rings. The van der Waals surface area contributed by atoms with Crippen LogP contribution in [0.1, 0.15) is 55.3 Å². The quantitative estimate of drug-likeness (QED) is 0.824. The first-order valence-corrected chi connectivity index (χ1v) is 11.4. The number of rotatable bonds is 4. The van der Waals surface area contributed by atoms with E-state index in [1.807, 2.05) is 33.7 Å². The zero-order valence-corrected chi connectivity index (χ0v) is 18.1. The molecular formula is C25H31N3O3. The highest BCUT2D eigenvalue weighted by atomic mass is 16.5. The summed E-state index contributed by atoms with van der Waals surface area (Å²) >= 11 is 0. The number of likely N-dealkylation sites (tertiary alicyclic amines) is 1. The number of nitrogens with zero attached hydrogens (tertiary/aromatic N) is 2. The number of methoxy groups -OCH3 is 1. The minimum Gasteiger partial charge on any atom is -0.497 e. The second-order valence-corrected chi connectivity index (χ2v) is 9.55. The van der Waals surface area contributed by atoms with Crippen LogP contribution in [0.3, 0.4) is 0 Å². The molecule has 1 aliphatic carbocycles. The summed E-state index contributed by atoms with van der Waals surface area (Å²) in [7, 11) is 1.67. The zero-order valence-electron chi connectivity index (χ0n) is 18.1. The summed E-state index contributed by atoms with van der Waals surface area (Å²) in [5, 5.41) is 0. The predicted molar refractivity (Wildman–Crippen MR) is 119 cm³/mol. The van der Waals surface area contributed by atoms with Crippen LogP contribution in [-0.4, -0.2) is 41.1 Å². The number of nitrogens with two attached hydrogens (primary N) is 1. The monoisotopic (exact) mass is 421 g/mol. The Morgan fingerprint density at radius 1 is 1.16 bits per heavy atom. The Morgan fingerprint density at radius 3 is 2.71 bits per heavy atom. The third kappa shape index (κ3) is 3.57. The number of hydrogen-bond donors (Lipinski definition) is 1. The van der Waals surface area contributed by atoms with Gasteiger partial charge in [0, 0.05) is 36.8 Å². The first-order valence-electron chi connectivity index (χ1n) is 11.4. The van der Waals surface area contributed by atoms with Gasteiger partial charge in [0.2, 0.25) is 5.91 Å². The SMILES string of the molecule is COc1cccc(C[C@H]2[C@H]3C[C@H](CN(C(=O)C4(N)CCCC4)C3)c3cccc(=O)n32)c1. The number of amides is 1. The zero-order chi connectivity index (χ0) is 21.6. The maximum absolute atomic E-state index is 13.4. The fourth-order valence-corrected chi connectivity index (χ4v) is 6.05. The van der Waals surface area contributed by atoms with Gasteiger partial charge in [-0.1, -0.05) is 31.0 Å². The third-order valence-electron chi connectivity index (χ3n) is 7.59. The molecule has 3 heterocycles. The largest absolute Gasteiger partial charge is 0.497 e. The maximum Gasteiger partial charge on any atom is 0.251 e.